The maximum Gasteiger partial charge on any atom is 0.241 e. The number of hydrazine groups is 2. The molecule has 4 aliphatic heterocycles. The van der Waals surface area contributed by atoms with Gasteiger partial charge in [0.2, 0.25) is 11.9 Å². The van der Waals surface area contributed by atoms with Gasteiger partial charge in [-0.3, -0.25) is 20.0 Å². The van der Waals surface area contributed by atoms with Gasteiger partial charge in [0.25, 0.3) is 0 Å². The predicted molar refractivity (Wildman–Crippen MR) is 111 cm³/mol. The molecule has 0 aliphatic carbocycles. The van der Waals surface area contributed by atoms with Crippen LogP contribution in [0, 0.1) is 5.82 Å². The molecule has 0 fully saturated rings. The van der Waals surface area contributed by atoms with Crippen LogP contribution in [0.5, 0.6) is 0 Å². The van der Waals surface area contributed by atoms with Crippen LogP contribution in [0.3, 0.4) is 0 Å². The molecule has 4 heterocycles. The molecule has 0 N–H and O–H groups in total. The van der Waals surface area contributed by atoms with Crippen molar-refractivity contribution in [2.75, 3.05) is 13.1 Å². The molecule has 0 amide bonds. The number of rotatable bonds is 4. The number of hydrogen-bond donors (Lipinski definition) is 0. The highest BCUT2D eigenvalue weighted by molar-refractivity contribution is 5.93. The molecule has 1 aromatic carbocycles. The standard InChI is InChI=1S/C20H25FN8/c1-14-5-7-28-19(24-14)22-12-26(28)10-16-3-4-18(21)17(9-16)11-27-13-23-20-25-15(2)6-8-29(20)27/h3-4,9,12-15H,5-8,10-11H2,1-2H3. The molecule has 4 aliphatic rings. The third-order valence-corrected chi connectivity index (χ3v) is 5.67. The first-order chi connectivity index (χ1) is 14.1. The number of halogens is 1. The van der Waals surface area contributed by atoms with E-state index in [2.05, 4.69) is 43.8 Å². The highest BCUT2D eigenvalue weighted by Gasteiger charge is 2.29. The van der Waals surface area contributed by atoms with Crippen molar-refractivity contribution in [3.63, 3.8) is 0 Å². The van der Waals surface area contributed by atoms with Crippen molar-refractivity contribution in [3.05, 3.63) is 35.1 Å². The van der Waals surface area contributed by atoms with Crippen LogP contribution < -0.4 is 0 Å². The van der Waals surface area contributed by atoms with Crippen molar-refractivity contribution in [1.82, 2.24) is 20.0 Å². The van der Waals surface area contributed by atoms with E-state index in [1.165, 1.54) is 0 Å². The molecule has 0 spiro atoms. The van der Waals surface area contributed by atoms with Crippen molar-refractivity contribution in [2.45, 2.75) is 51.9 Å². The zero-order valence-electron chi connectivity index (χ0n) is 16.7. The van der Waals surface area contributed by atoms with Crippen LogP contribution >= 0.6 is 0 Å². The smallest absolute Gasteiger partial charge is 0.241 e. The van der Waals surface area contributed by atoms with Gasteiger partial charge < -0.3 is 0 Å². The van der Waals surface area contributed by atoms with Gasteiger partial charge in [-0.05, 0) is 44.4 Å². The van der Waals surface area contributed by atoms with Crippen LogP contribution in [0.2, 0.25) is 0 Å². The summed E-state index contributed by atoms with van der Waals surface area (Å²) in [6.07, 6.45) is 5.53. The summed E-state index contributed by atoms with van der Waals surface area (Å²) in [6, 6.07) is 5.91. The van der Waals surface area contributed by atoms with Crippen molar-refractivity contribution < 1.29 is 4.39 Å². The van der Waals surface area contributed by atoms with Crippen LogP contribution in [0.4, 0.5) is 4.39 Å². The molecule has 8 nitrogen and oxygen atoms in total. The molecule has 29 heavy (non-hydrogen) atoms. The summed E-state index contributed by atoms with van der Waals surface area (Å²) >= 11 is 0. The first-order valence-electron chi connectivity index (χ1n) is 10.2. The average Bonchev–Trinajstić information content (AvgIpc) is 3.28. The van der Waals surface area contributed by atoms with Gasteiger partial charge in [0.15, 0.2) is 0 Å². The average molecular weight is 396 g/mol. The number of benzene rings is 1. The second kappa shape index (κ2) is 7.13. The van der Waals surface area contributed by atoms with Gasteiger partial charge in [0.05, 0.1) is 25.2 Å². The summed E-state index contributed by atoms with van der Waals surface area (Å²) in [5.74, 6) is 1.28. The minimum atomic E-state index is -0.206. The first-order valence-corrected chi connectivity index (χ1v) is 10.2. The van der Waals surface area contributed by atoms with Crippen molar-refractivity contribution in [2.24, 2.45) is 20.0 Å². The Hall–Kier alpha value is -2.97. The van der Waals surface area contributed by atoms with Gasteiger partial charge in [-0.25, -0.2) is 24.4 Å². The number of guanidine groups is 2. The number of hydrogen-bond acceptors (Lipinski definition) is 8. The Kier molecular flexibility index (Phi) is 4.44. The van der Waals surface area contributed by atoms with E-state index in [0.29, 0.717) is 24.7 Å². The summed E-state index contributed by atoms with van der Waals surface area (Å²) < 4.78 is 14.5. The highest BCUT2D eigenvalue weighted by atomic mass is 19.1. The Bertz CT molecular complexity index is 923. The summed E-state index contributed by atoms with van der Waals surface area (Å²) in [4.78, 5) is 17.9. The lowest BCUT2D eigenvalue weighted by Crippen LogP contribution is -2.44. The minimum absolute atomic E-state index is 0.206. The summed E-state index contributed by atoms with van der Waals surface area (Å²) in [5, 5.41) is 8.11. The maximum atomic E-state index is 14.5. The molecule has 0 saturated carbocycles. The van der Waals surface area contributed by atoms with E-state index in [-0.39, 0.29) is 11.9 Å². The molecule has 9 heteroatoms. The third kappa shape index (κ3) is 3.45. The second-order valence-electron chi connectivity index (χ2n) is 7.99. The lowest BCUT2D eigenvalue weighted by atomic mass is 10.1. The van der Waals surface area contributed by atoms with Gasteiger partial charge >= 0.3 is 0 Å². The predicted octanol–water partition coefficient (Wildman–Crippen LogP) is 2.24. The van der Waals surface area contributed by atoms with Crippen LogP contribution in [0.1, 0.15) is 37.8 Å². The van der Waals surface area contributed by atoms with E-state index in [1.54, 1.807) is 12.4 Å². The molecule has 0 saturated heterocycles. The second-order valence-corrected chi connectivity index (χ2v) is 7.99. The van der Waals surface area contributed by atoms with Crippen molar-refractivity contribution in [3.8, 4) is 0 Å². The monoisotopic (exact) mass is 396 g/mol. The molecule has 0 radical (unpaired) electrons. The molecular weight excluding hydrogens is 371 g/mol. The summed E-state index contributed by atoms with van der Waals surface area (Å²) in [6.45, 7) is 7.00. The molecule has 0 bridgehead atoms. The first kappa shape index (κ1) is 18.1. The van der Waals surface area contributed by atoms with E-state index in [4.69, 9.17) is 0 Å². The Labute approximate surface area is 169 Å². The number of fused-ring (bicyclic) bond motifs is 2. The summed E-state index contributed by atoms with van der Waals surface area (Å²) in [7, 11) is 0. The minimum Gasteiger partial charge on any atom is -0.267 e. The van der Waals surface area contributed by atoms with Gasteiger partial charge in [-0.2, -0.15) is 0 Å². The Balaban J connectivity index is 1.30. The Morgan fingerprint density at radius 2 is 1.48 bits per heavy atom. The fraction of sp³-hybridized carbons (Fsp3) is 0.500. The lowest BCUT2D eigenvalue weighted by molar-refractivity contribution is 0.124. The fourth-order valence-electron chi connectivity index (χ4n) is 3.98. The van der Waals surface area contributed by atoms with Crippen LogP contribution in [-0.2, 0) is 13.1 Å². The van der Waals surface area contributed by atoms with E-state index in [1.807, 2.05) is 28.5 Å². The molecule has 152 valence electrons. The van der Waals surface area contributed by atoms with E-state index < -0.39 is 0 Å². The Morgan fingerprint density at radius 1 is 0.897 bits per heavy atom. The van der Waals surface area contributed by atoms with E-state index in [0.717, 1.165) is 43.4 Å². The van der Waals surface area contributed by atoms with Gasteiger partial charge in [-0.1, -0.05) is 6.07 Å². The molecule has 0 aromatic heterocycles. The molecule has 2 atom stereocenters. The van der Waals surface area contributed by atoms with Crippen LogP contribution in [-0.4, -0.2) is 69.8 Å². The van der Waals surface area contributed by atoms with Crippen molar-refractivity contribution >= 4 is 24.6 Å². The van der Waals surface area contributed by atoms with Crippen LogP contribution in [0.15, 0.2) is 38.2 Å². The highest BCUT2D eigenvalue weighted by Crippen LogP contribution is 2.22. The van der Waals surface area contributed by atoms with Gasteiger partial charge in [0.1, 0.15) is 18.5 Å². The zero-order chi connectivity index (χ0) is 20.0. The number of aliphatic imine (C=N–C) groups is 4. The van der Waals surface area contributed by atoms with Crippen molar-refractivity contribution in [1.29, 1.82) is 0 Å². The van der Waals surface area contributed by atoms with Gasteiger partial charge in [0, 0.05) is 18.7 Å². The molecule has 5 rings (SSSR count). The van der Waals surface area contributed by atoms with Gasteiger partial charge in [-0.15, -0.1) is 0 Å². The number of nitrogens with zero attached hydrogens (tertiary/aromatic N) is 8. The van der Waals surface area contributed by atoms with E-state index in [9.17, 15) is 4.39 Å². The molecular formula is C20H25FN8. The maximum absolute atomic E-state index is 14.5. The zero-order valence-corrected chi connectivity index (χ0v) is 16.7. The van der Waals surface area contributed by atoms with Crippen LogP contribution in [0.25, 0.3) is 0 Å². The summed E-state index contributed by atoms with van der Waals surface area (Å²) in [5.41, 5.74) is 1.68. The quantitative estimate of drug-likeness (QED) is 0.783. The fourth-order valence-corrected chi connectivity index (χ4v) is 3.98. The molecule has 1 aromatic rings. The molecule has 2 unspecified atom stereocenters. The lowest BCUT2D eigenvalue weighted by Gasteiger charge is -2.33. The Morgan fingerprint density at radius 3 is 2.10 bits per heavy atom. The van der Waals surface area contributed by atoms with E-state index >= 15 is 0 Å². The third-order valence-electron chi connectivity index (χ3n) is 5.67. The normalized spacial score (nSPS) is 25.3. The largest absolute Gasteiger partial charge is 0.267 e. The topological polar surface area (TPSA) is 62.4 Å². The SMILES string of the molecule is CC1CCN2C(=N1)N=CN2Cc1ccc(F)c(CN2C=NC3=NC(C)CCN32)c1.